The molecule has 0 atom stereocenters. The number of phenols is 3. The minimum Gasteiger partial charge on any atom is -0.504 e. The van der Waals surface area contributed by atoms with E-state index in [0.29, 0.717) is 6.42 Å². The highest BCUT2D eigenvalue weighted by Gasteiger charge is 2.08. The van der Waals surface area contributed by atoms with Crippen LogP contribution in [0.5, 0.6) is 17.2 Å². The van der Waals surface area contributed by atoms with E-state index in [1.807, 2.05) is 0 Å². The van der Waals surface area contributed by atoms with Crippen molar-refractivity contribution in [2.45, 2.75) is 13.3 Å². The highest BCUT2D eigenvalue weighted by Crippen LogP contribution is 2.37. The van der Waals surface area contributed by atoms with Crippen molar-refractivity contribution in [3.05, 3.63) is 12.1 Å². The highest BCUT2D eigenvalue weighted by atomic mass is 16.3. The zero-order valence-electron chi connectivity index (χ0n) is 7.61. The molecule has 5 heteroatoms. The second-order valence-corrected chi connectivity index (χ2v) is 2.76. The molecule has 0 saturated carbocycles. The van der Waals surface area contributed by atoms with Crippen LogP contribution in [0.4, 0.5) is 5.69 Å². The first-order chi connectivity index (χ1) is 6.54. The Hall–Kier alpha value is -1.91. The molecule has 4 N–H and O–H groups in total. The zero-order valence-corrected chi connectivity index (χ0v) is 7.61. The van der Waals surface area contributed by atoms with Crippen LogP contribution in [0.1, 0.15) is 13.3 Å². The van der Waals surface area contributed by atoms with Crippen LogP contribution < -0.4 is 5.32 Å². The first kappa shape index (κ1) is 10.2. The summed E-state index contributed by atoms with van der Waals surface area (Å²) in [6, 6.07) is 2.31. The van der Waals surface area contributed by atoms with Crippen molar-refractivity contribution in [3.8, 4) is 17.2 Å². The van der Waals surface area contributed by atoms with Gasteiger partial charge in [0.2, 0.25) is 5.91 Å². The molecular weight excluding hydrogens is 186 g/mol. The fraction of sp³-hybridized carbons (Fsp3) is 0.222. The number of aromatic hydroxyl groups is 3. The maximum Gasteiger partial charge on any atom is 0.224 e. The molecule has 0 aliphatic carbocycles. The Kier molecular flexibility index (Phi) is 2.81. The van der Waals surface area contributed by atoms with E-state index in [2.05, 4.69) is 5.32 Å². The van der Waals surface area contributed by atoms with Crippen molar-refractivity contribution in [3.63, 3.8) is 0 Å². The standard InChI is InChI=1S/C9H11NO4/c1-2-8(13)10-5-3-6(11)9(14)7(12)4-5/h3-4,11-12,14H,2H2,1H3,(H,10,13). The number of benzene rings is 1. The van der Waals surface area contributed by atoms with Gasteiger partial charge in [-0.1, -0.05) is 6.92 Å². The van der Waals surface area contributed by atoms with Crippen LogP contribution in [-0.4, -0.2) is 21.2 Å². The van der Waals surface area contributed by atoms with Crippen LogP contribution >= 0.6 is 0 Å². The first-order valence-electron chi connectivity index (χ1n) is 4.09. The number of carbonyl (C=O) groups is 1. The Labute approximate surface area is 80.6 Å². The van der Waals surface area contributed by atoms with Gasteiger partial charge in [-0.25, -0.2) is 0 Å². The average molecular weight is 197 g/mol. The quantitative estimate of drug-likeness (QED) is 0.423. The summed E-state index contributed by atoms with van der Waals surface area (Å²) in [4.78, 5) is 11.0. The molecule has 76 valence electrons. The zero-order chi connectivity index (χ0) is 10.7. The van der Waals surface area contributed by atoms with E-state index in [-0.39, 0.29) is 11.6 Å². The van der Waals surface area contributed by atoms with E-state index in [1.165, 1.54) is 0 Å². The lowest BCUT2D eigenvalue weighted by molar-refractivity contribution is -0.115. The van der Waals surface area contributed by atoms with Gasteiger partial charge in [0.15, 0.2) is 17.2 Å². The summed E-state index contributed by atoms with van der Waals surface area (Å²) in [5, 5.41) is 29.7. The monoisotopic (exact) mass is 197 g/mol. The summed E-state index contributed by atoms with van der Waals surface area (Å²) in [5.41, 5.74) is 0.240. The minimum atomic E-state index is -0.598. The number of anilines is 1. The maximum atomic E-state index is 11.0. The van der Waals surface area contributed by atoms with Crippen molar-refractivity contribution in [1.82, 2.24) is 0 Å². The molecule has 0 aliphatic heterocycles. The molecule has 14 heavy (non-hydrogen) atoms. The molecule has 1 aromatic rings. The first-order valence-corrected chi connectivity index (χ1v) is 4.09. The van der Waals surface area contributed by atoms with Crippen molar-refractivity contribution in [2.75, 3.05) is 5.32 Å². The van der Waals surface area contributed by atoms with E-state index in [1.54, 1.807) is 6.92 Å². The van der Waals surface area contributed by atoms with Gasteiger partial charge in [-0.15, -0.1) is 0 Å². The van der Waals surface area contributed by atoms with E-state index in [9.17, 15) is 4.79 Å². The van der Waals surface area contributed by atoms with Gasteiger partial charge in [-0.2, -0.15) is 0 Å². The summed E-state index contributed by atoms with van der Waals surface area (Å²) in [6.07, 6.45) is 0.294. The summed E-state index contributed by atoms with van der Waals surface area (Å²) in [7, 11) is 0. The third kappa shape index (κ3) is 2.07. The highest BCUT2D eigenvalue weighted by molar-refractivity contribution is 5.91. The van der Waals surface area contributed by atoms with Gasteiger partial charge in [0.25, 0.3) is 0 Å². The van der Waals surface area contributed by atoms with E-state index >= 15 is 0 Å². The molecule has 0 aliphatic rings. The second kappa shape index (κ2) is 3.87. The number of hydrogen-bond donors (Lipinski definition) is 4. The number of rotatable bonds is 2. The Balaban J connectivity index is 2.95. The number of phenolic OH excluding ortho intramolecular Hbond substituents is 3. The number of amides is 1. The van der Waals surface area contributed by atoms with Crippen LogP contribution in [0.15, 0.2) is 12.1 Å². The van der Waals surface area contributed by atoms with Crippen molar-refractivity contribution >= 4 is 11.6 Å². The Bertz CT molecular complexity index is 339. The van der Waals surface area contributed by atoms with Crippen molar-refractivity contribution in [1.29, 1.82) is 0 Å². The molecule has 0 fully saturated rings. The molecule has 1 amide bonds. The van der Waals surface area contributed by atoms with Gasteiger partial charge < -0.3 is 20.6 Å². The third-order valence-electron chi connectivity index (χ3n) is 1.67. The normalized spacial score (nSPS) is 9.79. The van der Waals surface area contributed by atoms with Crippen molar-refractivity contribution in [2.24, 2.45) is 0 Å². The smallest absolute Gasteiger partial charge is 0.224 e. The molecule has 5 nitrogen and oxygen atoms in total. The maximum absolute atomic E-state index is 11.0. The van der Waals surface area contributed by atoms with Gasteiger partial charge in [-0.05, 0) is 0 Å². The SMILES string of the molecule is CCC(=O)Nc1cc(O)c(O)c(O)c1. The van der Waals surface area contributed by atoms with Crippen LogP contribution in [0.3, 0.4) is 0 Å². The lowest BCUT2D eigenvalue weighted by atomic mass is 10.2. The fourth-order valence-corrected chi connectivity index (χ4v) is 0.926. The molecule has 0 saturated heterocycles. The summed E-state index contributed by atoms with van der Waals surface area (Å²) in [5.74, 6) is -1.79. The van der Waals surface area contributed by atoms with E-state index in [0.717, 1.165) is 12.1 Å². The molecule has 1 rings (SSSR count). The summed E-state index contributed by atoms with van der Waals surface area (Å²) >= 11 is 0. The Morgan fingerprint density at radius 3 is 2.21 bits per heavy atom. The molecule has 0 bridgehead atoms. The Morgan fingerprint density at radius 2 is 1.79 bits per heavy atom. The van der Waals surface area contributed by atoms with Gasteiger partial charge in [0, 0.05) is 24.2 Å². The predicted molar refractivity (Wildman–Crippen MR) is 50.4 cm³/mol. The average Bonchev–Trinajstić information content (AvgIpc) is 2.14. The Morgan fingerprint density at radius 1 is 1.29 bits per heavy atom. The van der Waals surface area contributed by atoms with E-state index in [4.69, 9.17) is 15.3 Å². The molecule has 0 aromatic heterocycles. The largest absolute Gasteiger partial charge is 0.504 e. The number of nitrogens with one attached hydrogen (secondary N) is 1. The lowest BCUT2D eigenvalue weighted by Gasteiger charge is -2.06. The molecule has 0 heterocycles. The molecule has 0 radical (unpaired) electrons. The fourth-order valence-electron chi connectivity index (χ4n) is 0.926. The predicted octanol–water partition coefficient (Wildman–Crippen LogP) is 1.15. The van der Waals surface area contributed by atoms with Crippen molar-refractivity contribution < 1.29 is 20.1 Å². The van der Waals surface area contributed by atoms with Gasteiger partial charge >= 0.3 is 0 Å². The number of hydrogen-bond acceptors (Lipinski definition) is 4. The van der Waals surface area contributed by atoms with Crippen LogP contribution in [0.2, 0.25) is 0 Å². The topological polar surface area (TPSA) is 89.8 Å². The van der Waals surface area contributed by atoms with Crippen LogP contribution in [-0.2, 0) is 4.79 Å². The summed E-state index contributed by atoms with van der Waals surface area (Å²) < 4.78 is 0. The van der Waals surface area contributed by atoms with Gasteiger partial charge in [-0.3, -0.25) is 4.79 Å². The number of carbonyl (C=O) groups excluding carboxylic acids is 1. The minimum absolute atomic E-state index is 0.240. The molecule has 1 aromatic carbocycles. The van der Waals surface area contributed by atoms with Crippen LogP contribution in [0.25, 0.3) is 0 Å². The van der Waals surface area contributed by atoms with Gasteiger partial charge in [0.1, 0.15) is 0 Å². The van der Waals surface area contributed by atoms with E-state index < -0.39 is 17.2 Å². The van der Waals surface area contributed by atoms with Crippen LogP contribution in [0, 0.1) is 0 Å². The molecule has 0 spiro atoms. The summed E-state index contributed by atoms with van der Waals surface area (Å²) in [6.45, 7) is 1.68. The lowest BCUT2D eigenvalue weighted by Crippen LogP contribution is -2.09. The van der Waals surface area contributed by atoms with Gasteiger partial charge in [0.05, 0.1) is 0 Å². The molecular formula is C9H11NO4. The third-order valence-corrected chi connectivity index (χ3v) is 1.67. The second-order valence-electron chi connectivity index (χ2n) is 2.76. The molecule has 0 unspecified atom stereocenters.